The minimum Gasteiger partial charge on any atom is -0.286 e. The summed E-state index contributed by atoms with van der Waals surface area (Å²) in [5.41, 5.74) is 1.85. The predicted octanol–water partition coefficient (Wildman–Crippen LogP) is 0.817. The highest BCUT2D eigenvalue weighted by atomic mass is 31.2. The van der Waals surface area contributed by atoms with Gasteiger partial charge in [-0.3, -0.25) is 14.6 Å². The van der Waals surface area contributed by atoms with Gasteiger partial charge in [-0.15, -0.1) is 0 Å². The first-order chi connectivity index (χ1) is 7.34. The second-order valence-corrected chi connectivity index (χ2v) is 3.92. The van der Waals surface area contributed by atoms with Gasteiger partial charge in [0.15, 0.2) is 0 Å². The molecule has 82 valence electrons. The van der Waals surface area contributed by atoms with Crippen LogP contribution in [0.4, 0.5) is 0 Å². The Kier molecular flexibility index (Phi) is 4.80. The summed E-state index contributed by atoms with van der Waals surface area (Å²) < 4.78 is 9.66. The fourth-order valence-corrected chi connectivity index (χ4v) is 1.43. The lowest BCUT2D eigenvalue weighted by Crippen LogP contribution is -2.28. The molecule has 0 aromatic rings. The number of hydrogen-bond donors (Lipinski definition) is 1. The van der Waals surface area contributed by atoms with Crippen molar-refractivity contribution in [2.24, 2.45) is 5.50 Å². The summed E-state index contributed by atoms with van der Waals surface area (Å²) in [6, 6.07) is 6.35. The maximum absolute atomic E-state index is 8.62. The third-order valence-electron chi connectivity index (χ3n) is 1.40. The molecule has 16 heavy (non-hydrogen) atoms. The summed E-state index contributed by atoms with van der Waals surface area (Å²) in [6.07, 6.45) is 0. The molecule has 0 aliphatic carbocycles. The predicted molar refractivity (Wildman–Crippen MR) is 52.5 cm³/mol. The van der Waals surface area contributed by atoms with Crippen LogP contribution in [0.2, 0.25) is 0 Å². The van der Waals surface area contributed by atoms with E-state index in [1.165, 1.54) is 13.8 Å². The zero-order valence-electron chi connectivity index (χ0n) is 8.63. The summed E-state index contributed by atoms with van der Waals surface area (Å²) in [4.78, 5) is 0. The van der Waals surface area contributed by atoms with Gasteiger partial charge < -0.3 is 0 Å². The highest BCUT2D eigenvalue weighted by molar-refractivity contribution is 7.44. The average Bonchev–Trinajstić information content (AvgIpc) is 2.28. The van der Waals surface area contributed by atoms with Crippen LogP contribution in [0.5, 0.6) is 0 Å². The SMILES string of the molecule is CC(C#N)(C#N)OP(N)OC(C)(C#N)C#N. The zero-order chi connectivity index (χ0) is 12.8. The van der Waals surface area contributed by atoms with Gasteiger partial charge in [0, 0.05) is 0 Å². The zero-order valence-corrected chi connectivity index (χ0v) is 9.52. The van der Waals surface area contributed by atoms with Crippen molar-refractivity contribution < 1.29 is 9.05 Å². The number of hydrogen-bond acceptors (Lipinski definition) is 7. The van der Waals surface area contributed by atoms with Crippen molar-refractivity contribution in [1.82, 2.24) is 0 Å². The van der Waals surface area contributed by atoms with E-state index in [9.17, 15) is 0 Å². The standard InChI is InChI=1S/C8H8N5O2P/c1-7(3-9,4-10)14-16(13)15-8(2,5-11)6-12/h13H2,1-2H3. The lowest BCUT2D eigenvalue weighted by atomic mass is 10.2. The van der Waals surface area contributed by atoms with Crippen molar-refractivity contribution in [3.8, 4) is 24.3 Å². The third-order valence-corrected chi connectivity index (χ3v) is 2.49. The molecular formula is C8H8N5O2P. The van der Waals surface area contributed by atoms with E-state index in [4.69, 9.17) is 35.6 Å². The van der Waals surface area contributed by atoms with E-state index >= 15 is 0 Å². The van der Waals surface area contributed by atoms with Crippen LogP contribution < -0.4 is 5.50 Å². The highest BCUT2D eigenvalue weighted by Crippen LogP contribution is 2.38. The van der Waals surface area contributed by atoms with Crippen LogP contribution in [0.1, 0.15) is 13.8 Å². The molecule has 0 atom stereocenters. The summed E-state index contributed by atoms with van der Waals surface area (Å²) >= 11 is 0. The summed E-state index contributed by atoms with van der Waals surface area (Å²) in [6.45, 7) is 2.41. The number of nitriles is 4. The molecule has 0 amide bonds. The molecule has 0 aliphatic rings. The Morgan fingerprint density at radius 3 is 1.31 bits per heavy atom. The van der Waals surface area contributed by atoms with Crippen LogP contribution in [-0.4, -0.2) is 11.2 Å². The molecule has 0 saturated carbocycles. The van der Waals surface area contributed by atoms with E-state index < -0.39 is 19.7 Å². The maximum atomic E-state index is 8.62. The van der Waals surface area contributed by atoms with E-state index in [2.05, 4.69) is 0 Å². The summed E-state index contributed by atoms with van der Waals surface area (Å²) in [5.74, 6) is 0. The molecular weight excluding hydrogens is 229 g/mol. The molecule has 2 N–H and O–H groups in total. The first kappa shape index (κ1) is 14.3. The second kappa shape index (κ2) is 5.38. The van der Waals surface area contributed by atoms with Crippen molar-refractivity contribution in [2.45, 2.75) is 25.0 Å². The van der Waals surface area contributed by atoms with Gasteiger partial charge in [-0.25, -0.2) is 0 Å². The van der Waals surface area contributed by atoms with Crippen LogP contribution in [-0.2, 0) is 9.05 Å². The summed E-state index contributed by atoms with van der Waals surface area (Å²) in [5, 5.41) is 34.5. The summed E-state index contributed by atoms with van der Waals surface area (Å²) in [7, 11) is -2.17. The van der Waals surface area contributed by atoms with Crippen molar-refractivity contribution in [2.75, 3.05) is 0 Å². The van der Waals surface area contributed by atoms with Crippen LogP contribution in [0.15, 0.2) is 0 Å². The molecule has 7 nitrogen and oxygen atoms in total. The number of nitrogens with zero attached hydrogens (tertiary/aromatic N) is 4. The molecule has 0 aromatic heterocycles. The molecule has 0 fully saturated rings. The molecule has 0 unspecified atom stereocenters. The maximum Gasteiger partial charge on any atom is 0.257 e. The molecule has 8 heteroatoms. The van der Waals surface area contributed by atoms with E-state index in [0.29, 0.717) is 0 Å². The molecule has 0 aliphatic heterocycles. The molecule has 0 saturated heterocycles. The monoisotopic (exact) mass is 237 g/mol. The van der Waals surface area contributed by atoms with Crippen molar-refractivity contribution in [3.05, 3.63) is 0 Å². The van der Waals surface area contributed by atoms with Gasteiger partial charge in [-0.1, -0.05) is 0 Å². The van der Waals surface area contributed by atoms with Gasteiger partial charge >= 0.3 is 0 Å². The van der Waals surface area contributed by atoms with Gasteiger partial charge in [0.05, 0.1) is 0 Å². The van der Waals surface area contributed by atoms with Gasteiger partial charge in [0.1, 0.15) is 24.3 Å². The quantitative estimate of drug-likeness (QED) is 0.713. The van der Waals surface area contributed by atoms with E-state index in [1.54, 1.807) is 24.3 Å². The van der Waals surface area contributed by atoms with Gasteiger partial charge in [0.2, 0.25) is 11.2 Å². The molecule has 0 aromatic carbocycles. The topological polar surface area (TPSA) is 140 Å². The van der Waals surface area contributed by atoms with Gasteiger partial charge in [-0.2, -0.15) is 21.0 Å². The fraction of sp³-hybridized carbons (Fsp3) is 0.500. The molecule has 0 spiro atoms. The highest BCUT2D eigenvalue weighted by Gasteiger charge is 2.34. The van der Waals surface area contributed by atoms with Crippen LogP contribution in [0.25, 0.3) is 0 Å². The Balaban J connectivity index is 4.62. The van der Waals surface area contributed by atoms with E-state index in [-0.39, 0.29) is 0 Å². The van der Waals surface area contributed by atoms with Crippen molar-refractivity contribution >= 4 is 8.53 Å². The lowest BCUT2D eigenvalue weighted by Gasteiger charge is -2.22. The third kappa shape index (κ3) is 3.79. The average molecular weight is 237 g/mol. The first-order valence-electron chi connectivity index (χ1n) is 3.93. The Labute approximate surface area is 94.2 Å². The fourth-order valence-electron chi connectivity index (χ4n) is 0.510. The van der Waals surface area contributed by atoms with Crippen molar-refractivity contribution in [3.63, 3.8) is 0 Å². The minimum atomic E-state index is -2.17. The number of nitrogens with two attached hydrogens (primary N) is 1. The van der Waals surface area contributed by atoms with E-state index in [1.807, 2.05) is 0 Å². The Bertz CT molecular complexity index is 356. The Hall–Kier alpha value is -1.73. The minimum absolute atomic E-state index is 1.20. The van der Waals surface area contributed by atoms with Gasteiger partial charge in [-0.05, 0) is 13.8 Å². The lowest BCUT2D eigenvalue weighted by molar-refractivity contribution is 0.144. The van der Waals surface area contributed by atoms with Gasteiger partial charge in [0.25, 0.3) is 8.53 Å². The van der Waals surface area contributed by atoms with Crippen LogP contribution in [0, 0.1) is 45.3 Å². The Morgan fingerprint density at radius 1 is 0.875 bits per heavy atom. The molecule has 0 heterocycles. The normalized spacial score (nSPS) is 11.0. The smallest absolute Gasteiger partial charge is 0.257 e. The van der Waals surface area contributed by atoms with Crippen molar-refractivity contribution in [1.29, 1.82) is 21.0 Å². The van der Waals surface area contributed by atoms with Crippen LogP contribution in [0.3, 0.4) is 0 Å². The largest absolute Gasteiger partial charge is 0.286 e. The molecule has 0 bridgehead atoms. The number of rotatable bonds is 4. The Morgan fingerprint density at radius 2 is 1.12 bits per heavy atom. The van der Waals surface area contributed by atoms with Crippen LogP contribution >= 0.6 is 8.53 Å². The van der Waals surface area contributed by atoms with E-state index in [0.717, 1.165) is 0 Å². The molecule has 0 rings (SSSR count). The second-order valence-electron chi connectivity index (χ2n) is 2.98. The molecule has 0 radical (unpaired) electrons. The first-order valence-corrected chi connectivity index (χ1v) is 5.17.